The van der Waals surface area contributed by atoms with Crippen LogP contribution >= 0.6 is 0 Å². The van der Waals surface area contributed by atoms with E-state index in [-0.39, 0.29) is 17.3 Å². The van der Waals surface area contributed by atoms with Crippen molar-refractivity contribution in [2.75, 3.05) is 24.3 Å². The number of rotatable bonds is 7. The molecule has 1 heterocycles. The molecule has 0 radical (unpaired) electrons. The maximum absolute atomic E-state index is 11.4. The van der Waals surface area contributed by atoms with Gasteiger partial charge in [0.25, 0.3) is 0 Å². The first-order valence-corrected chi connectivity index (χ1v) is 7.25. The predicted octanol–water partition coefficient (Wildman–Crippen LogP) is 2.74. The van der Waals surface area contributed by atoms with Gasteiger partial charge < -0.3 is 15.4 Å². The zero-order valence-electron chi connectivity index (χ0n) is 13.3. The van der Waals surface area contributed by atoms with Crippen LogP contribution in [0.25, 0.3) is 0 Å². The topological polar surface area (TPSA) is 119 Å². The van der Waals surface area contributed by atoms with Crippen LogP contribution in [0.1, 0.15) is 23.7 Å². The number of nitrogens with zero attached hydrogens (tertiary/aromatic N) is 3. The molecule has 0 aliphatic rings. The van der Waals surface area contributed by atoms with E-state index in [0.29, 0.717) is 17.8 Å². The van der Waals surface area contributed by atoms with Crippen molar-refractivity contribution in [2.45, 2.75) is 13.3 Å². The molecule has 9 heteroatoms. The summed E-state index contributed by atoms with van der Waals surface area (Å²) in [7, 11) is 1.30. The Hall–Kier alpha value is -3.23. The van der Waals surface area contributed by atoms with Gasteiger partial charge in [-0.25, -0.2) is 14.8 Å². The lowest BCUT2D eigenvalue weighted by Crippen LogP contribution is -2.08. The highest BCUT2D eigenvalue weighted by Gasteiger charge is 2.22. The Balaban J connectivity index is 2.28. The average Bonchev–Trinajstić information content (AvgIpc) is 2.59. The Bertz CT molecular complexity index is 733. The second-order valence-electron chi connectivity index (χ2n) is 4.80. The molecule has 2 aromatic rings. The van der Waals surface area contributed by atoms with Crippen molar-refractivity contribution < 1.29 is 14.5 Å². The molecule has 0 fully saturated rings. The highest BCUT2D eigenvalue weighted by molar-refractivity contribution is 5.89. The minimum atomic E-state index is -0.539. The van der Waals surface area contributed by atoms with E-state index in [1.165, 1.54) is 13.4 Å². The molecule has 1 aromatic heterocycles. The Morgan fingerprint density at radius 3 is 2.50 bits per heavy atom. The second kappa shape index (κ2) is 7.86. The van der Waals surface area contributed by atoms with Crippen molar-refractivity contribution in [1.82, 2.24) is 9.97 Å². The molecule has 0 bridgehead atoms. The zero-order valence-corrected chi connectivity index (χ0v) is 13.3. The minimum absolute atomic E-state index is 0.0689. The Labute approximate surface area is 138 Å². The molecular weight excluding hydrogens is 314 g/mol. The monoisotopic (exact) mass is 331 g/mol. The number of benzene rings is 1. The van der Waals surface area contributed by atoms with Gasteiger partial charge in [-0.2, -0.15) is 0 Å². The van der Waals surface area contributed by atoms with E-state index in [4.69, 9.17) is 0 Å². The largest absolute Gasteiger partial charge is 0.465 e. The smallest absolute Gasteiger partial charge is 0.353 e. The van der Waals surface area contributed by atoms with Gasteiger partial charge in [0, 0.05) is 12.2 Å². The minimum Gasteiger partial charge on any atom is -0.465 e. The standard InChI is InChI=1S/C15H17N5O4/c1-3-8-16-13-12(20(22)23)14(18-9-17-13)19-11-6-4-10(5-7-11)15(21)24-2/h4-7,9H,3,8H2,1-2H3,(H2,16,17,18,19). The first-order chi connectivity index (χ1) is 11.6. The second-order valence-corrected chi connectivity index (χ2v) is 4.80. The van der Waals surface area contributed by atoms with Gasteiger partial charge in [-0.1, -0.05) is 6.92 Å². The lowest BCUT2D eigenvalue weighted by atomic mass is 10.2. The van der Waals surface area contributed by atoms with Crippen LogP contribution in [0.4, 0.5) is 23.0 Å². The van der Waals surface area contributed by atoms with Crippen molar-refractivity contribution in [2.24, 2.45) is 0 Å². The SMILES string of the molecule is CCCNc1ncnc(Nc2ccc(C(=O)OC)cc2)c1[N+](=O)[O-]. The zero-order chi connectivity index (χ0) is 17.5. The third kappa shape index (κ3) is 3.94. The summed E-state index contributed by atoms with van der Waals surface area (Å²) in [4.78, 5) is 30.1. The van der Waals surface area contributed by atoms with Crippen LogP contribution in [-0.4, -0.2) is 34.5 Å². The molecule has 0 spiro atoms. The number of ether oxygens (including phenoxy) is 1. The number of nitro groups is 1. The number of hydrogen-bond donors (Lipinski definition) is 2. The summed E-state index contributed by atoms with van der Waals surface area (Å²) >= 11 is 0. The molecule has 0 atom stereocenters. The normalized spacial score (nSPS) is 10.1. The number of anilines is 3. The molecule has 0 saturated carbocycles. The first kappa shape index (κ1) is 17.1. The summed E-state index contributed by atoms with van der Waals surface area (Å²) in [6.45, 7) is 2.51. The van der Waals surface area contributed by atoms with Gasteiger partial charge in [-0.15, -0.1) is 0 Å². The lowest BCUT2D eigenvalue weighted by molar-refractivity contribution is -0.383. The highest BCUT2D eigenvalue weighted by Crippen LogP contribution is 2.31. The molecule has 0 aliphatic carbocycles. The molecule has 0 aliphatic heterocycles. The molecule has 9 nitrogen and oxygen atoms in total. The summed E-state index contributed by atoms with van der Waals surface area (Å²) in [5.41, 5.74) is 0.694. The molecule has 126 valence electrons. The summed E-state index contributed by atoms with van der Waals surface area (Å²) in [6.07, 6.45) is 2.05. The van der Waals surface area contributed by atoms with Crippen molar-refractivity contribution in [3.05, 3.63) is 46.3 Å². The predicted molar refractivity (Wildman–Crippen MR) is 88.5 cm³/mol. The van der Waals surface area contributed by atoms with Gasteiger partial charge in [0.15, 0.2) is 0 Å². The summed E-state index contributed by atoms with van der Waals surface area (Å²) in [6, 6.07) is 6.32. The van der Waals surface area contributed by atoms with Crippen LogP contribution in [-0.2, 0) is 4.74 Å². The van der Waals surface area contributed by atoms with Gasteiger partial charge in [0.05, 0.1) is 17.6 Å². The van der Waals surface area contributed by atoms with Crippen LogP contribution < -0.4 is 10.6 Å². The number of hydrogen-bond acceptors (Lipinski definition) is 8. The van der Waals surface area contributed by atoms with Crippen molar-refractivity contribution in [1.29, 1.82) is 0 Å². The fourth-order valence-electron chi connectivity index (χ4n) is 1.96. The number of esters is 1. The lowest BCUT2D eigenvalue weighted by Gasteiger charge is -2.10. The van der Waals surface area contributed by atoms with E-state index in [2.05, 4.69) is 25.3 Å². The Kier molecular flexibility index (Phi) is 5.61. The fraction of sp³-hybridized carbons (Fsp3) is 0.267. The number of aromatic nitrogens is 2. The third-order valence-electron chi connectivity index (χ3n) is 3.12. The number of carbonyl (C=O) groups excluding carboxylic acids is 1. The van der Waals surface area contributed by atoms with Gasteiger partial charge in [0.1, 0.15) is 6.33 Å². The number of nitrogens with one attached hydrogen (secondary N) is 2. The van der Waals surface area contributed by atoms with E-state index in [9.17, 15) is 14.9 Å². The van der Waals surface area contributed by atoms with Gasteiger partial charge in [0.2, 0.25) is 11.6 Å². The number of carbonyl (C=O) groups is 1. The third-order valence-corrected chi connectivity index (χ3v) is 3.12. The summed E-state index contributed by atoms with van der Waals surface area (Å²) < 4.78 is 4.62. The summed E-state index contributed by atoms with van der Waals surface area (Å²) in [5, 5.41) is 17.1. The Morgan fingerprint density at radius 1 is 1.25 bits per heavy atom. The van der Waals surface area contributed by atoms with Crippen molar-refractivity contribution >= 4 is 29.0 Å². The fourth-order valence-corrected chi connectivity index (χ4v) is 1.96. The number of methoxy groups -OCH3 is 1. The van der Waals surface area contributed by atoms with Crippen LogP contribution in [0.5, 0.6) is 0 Å². The maximum atomic E-state index is 11.4. The molecule has 2 rings (SSSR count). The van der Waals surface area contributed by atoms with Gasteiger partial charge in [-0.3, -0.25) is 10.1 Å². The van der Waals surface area contributed by atoms with Crippen LogP contribution in [0.2, 0.25) is 0 Å². The van der Waals surface area contributed by atoms with Crippen molar-refractivity contribution in [3.8, 4) is 0 Å². The highest BCUT2D eigenvalue weighted by atomic mass is 16.6. The van der Waals surface area contributed by atoms with Crippen molar-refractivity contribution in [3.63, 3.8) is 0 Å². The van der Waals surface area contributed by atoms with Crippen LogP contribution in [0.3, 0.4) is 0 Å². The van der Waals surface area contributed by atoms with Crippen LogP contribution in [0.15, 0.2) is 30.6 Å². The van der Waals surface area contributed by atoms with E-state index >= 15 is 0 Å². The van der Waals surface area contributed by atoms with E-state index in [1.54, 1.807) is 24.3 Å². The summed E-state index contributed by atoms with van der Waals surface area (Å²) in [5.74, 6) is -0.231. The van der Waals surface area contributed by atoms with Crippen LogP contribution in [0, 0.1) is 10.1 Å². The molecule has 0 saturated heterocycles. The molecule has 1 aromatic carbocycles. The molecular formula is C15H17N5O4. The molecule has 0 unspecified atom stereocenters. The molecule has 0 amide bonds. The molecule has 24 heavy (non-hydrogen) atoms. The molecule has 2 N–H and O–H groups in total. The van der Waals surface area contributed by atoms with E-state index < -0.39 is 10.9 Å². The van der Waals surface area contributed by atoms with E-state index in [1.807, 2.05) is 6.92 Å². The average molecular weight is 331 g/mol. The quantitative estimate of drug-likeness (QED) is 0.451. The van der Waals surface area contributed by atoms with Gasteiger partial charge in [-0.05, 0) is 30.7 Å². The maximum Gasteiger partial charge on any atom is 0.353 e. The Morgan fingerprint density at radius 2 is 1.92 bits per heavy atom. The first-order valence-electron chi connectivity index (χ1n) is 7.25. The van der Waals surface area contributed by atoms with E-state index in [0.717, 1.165) is 6.42 Å². The van der Waals surface area contributed by atoms with Gasteiger partial charge >= 0.3 is 11.7 Å².